The van der Waals surface area contributed by atoms with Crippen molar-refractivity contribution in [2.24, 2.45) is 0 Å². The second-order valence-electron chi connectivity index (χ2n) is 6.24. The summed E-state index contributed by atoms with van der Waals surface area (Å²) in [5.41, 5.74) is 1.41. The van der Waals surface area contributed by atoms with E-state index in [1.165, 1.54) is 11.8 Å². The van der Waals surface area contributed by atoms with E-state index in [-0.39, 0.29) is 17.6 Å². The van der Waals surface area contributed by atoms with Gasteiger partial charge in [0.25, 0.3) is 5.91 Å². The monoisotopic (exact) mass is 351 g/mol. The Morgan fingerprint density at radius 1 is 1.19 bits per heavy atom. The number of nitrogens with zero attached hydrogens (tertiary/aromatic N) is 4. The quantitative estimate of drug-likeness (QED) is 0.732. The first kappa shape index (κ1) is 17.6. The molecule has 0 bridgehead atoms. The van der Waals surface area contributed by atoms with Gasteiger partial charge in [0.1, 0.15) is 17.3 Å². The number of nitrogens with one attached hydrogen (secondary N) is 1. The maximum atomic E-state index is 12.2. The van der Waals surface area contributed by atoms with Gasteiger partial charge in [0.15, 0.2) is 5.82 Å². The van der Waals surface area contributed by atoms with E-state index in [0.29, 0.717) is 11.6 Å². The van der Waals surface area contributed by atoms with E-state index in [2.05, 4.69) is 51.3 Å². The van der Waals surface area contributed by atoms with Crippen molar-refractivity contribution >= 4 is 17.5 Å². The van der Waals surface area contributed by atoms with Crippen molar-refractivity contribution < 1.29 is 9.32 Å². The molecule has 1 N–H and O–H groups in total. The molecule has 7 heteroatoms. The number of carbonyl (C=O) groups excluding carboxylic acids is 1. The van der Waals surface area contributed by atoms with E-state index in [4.69, 9.17) is 4.52 Å². The normalized spacial score (nSPS) is 10.8. The smallest absolute Gasteiger partial charge is 0.277 e. The molecule has 0 saturated heterocycles. The van der Waals surface area contributed by atoms with Gasteiger partial charge in [0, 0.05) is 18.7 Å². The van der Waals surface area contributed by atoms with Crippen molar-refractivity contribution in [2.45, 2.75) is 33.4 Å². The number of hydrogen-bond acceptors (Lipinski definition) is 6. The molecule has 0 aliphatic heterocycles. The van der Waals surface area contributed by atoms with Crippen LogP contribution in [0.2, 0.25) is 0 Å². The fourth-order valence-electron chi connectivity index (χ4n) is 2.50. The van der Waals surface area contributed by atoms with Crippen LogP contribution in [0.5, 0.6) is 0 Å². The molecule has 0 aliphatic carbocycles. The number of rotatable bonds is 6. The van der Waals surface area contributed by atoms with E-state index in [9.17, 15) is 4.79 Å². The van der Waals surface area contributed by atoms with Gasteiger partial charge in [-0.1, -0.05) is 35.5 Å². The third kappa shape index (κ3) is 4.24. The average Bonchev–Trinajstić information content (AvgIpc) is 3.05. The Hall–Kier alpha value is -3.22. The zero-order valence-corrected chi connectivity index (χ0v) is 15.0. The first-order valence-electron chi connectivity index (χ1n) is 8.40. The molecule has 0 saturated carbocycles. The third-order valence-corrected chi connectivity index (χ3v) is 3.85. The first-order chi connectivity index (χ1) is 12.5. The van der Waals surface area contributed by atoms with Crippen LogP contribution in [0.15, 0.2) is 53.3 Å². The number of carbonyl (C=O) groups is 1. The molecule has 2 heterocycles. The molecule has 0 aliphatic rings. The van der Waals surface area contributed by atoms with Crippen molar-refractivity contribution in [1.82, 2.24) is 15.1 Å². The van der Waals surface area contributed by atoms with Crippen LogP contribution >= 0.6 is 0 Å². The summed E-state index contributed by atoms with van der Waals surface area (Å²) < 4.78 is 4.93. The molecule has 0 atom stereocenters. The molecule has 26 heavy (non-hydrogen) atoms. The fourth-order valence-corrected chi connectivity index (χ4v) is 2.50. The molecule has 1 amide bonds. The van der Waals surface area contributed by atoms with Crippen molar-refractivity contribution in [3.63, 3.8) is 0 Å². The third-order valence-electron chi connectivity index (χ3n) is 3.85. The van der Waals surface area contributed by atoms with Crippen molar-refractivity contribution in [2.75, 3.05) is 10.2 Å². The summed E-state index contributed by atoms with van der Waals surface area (Å²) in [6.45, 7) is 6.66. The molecule has 0 spiro atoms. The Balaban J connectivity index is 1.73. The molecule has 3 aromatic rings. The van der Waals surface area contributed by atoms with Crippen LogP contribution in [0, 0.1) is 6.92 Å². The fraction of sp³-hybridized carbons (Fsp3) is 0.263. The second kappa shape index (κ2) is 7.77. The van der Waals surface area contributed by atoms with Gasteiger partial charge in [-0.25, -0.2) is 9.97 Å². The van der Waals surface area contributed by atoms with Gasteiger partial charge in [-0.15, -0.1) is 0 Å². The molecule has 2 aromatic heterocycles. The topological polar surface area (TPSA) is 84.2 Å². The molecular weight excluding hydrogens is 330 g/mol. The zero-order valence-electron chi connectivity index (χ0n) is 15.0. The highest BCUT2D eigenvalue weighted by Crippen LogP contribution is 2.17. The Labute approximate surface area is 152 Å². The lowest BCUT2D eigenvalue weighted by atomic mass is 10.2. The minimum Gasteiger partial charge on any atom is -0.360 e. The van der Waals surface area contributed by atoms with Gasteiger partial charge in [-0.3, -0.25) is 4.79 Å². The highest BCUT2D eigenvalue weighted by Gasteiger charge is 2.15. The molecule has 7 nitrogen and oxygen atoms in total. The number of anilines is 2. The van der Waals surface area contributed by atoms with Gasteiger partial charge in [-0.2, -0.15) is 0 Å². The van der Waals surface area contributed by atoms with Gasteiger partial charge in [0.2, 0.25) is 0 Å². The summed E-state index contributed by atoms with van der Waals surface area (Å²) in [4.78, 5) is 23.0. The van der Waals surface area contributed by atoms with Crippen LogP contribution in [0.25, 0.3) is 0 Å². The van der Waals surface area contributed by atoms with E-state index in [0.717, 1.165) is 12.4 Å². The lowest BCUT2D eigenvalue weighted by Gasteiger charge is -2.27. The average molecular weight is 351 g/mol. The summed E-state index contributed by atoms with van der Waals surface area (Å²) in [6.07, 6.45) is 3.09. The SMILES string of the molecule is Cc1cc(NC(=O)c2cnc(N(Cc3ccccc3)C(C)C)cn2)no1. The van der Waals surface area contributed by atoms with Gasteiger partial charge in [0.05, 0.1) is 12.4 Å². The van der Waals surface area contributed by atoms with Crippen LogP contribution in [0.3, 0.4) is 0 Å². The van der Waals surface area contributed by atoms with Crippen LogP contribution in [0.4, 0.5) is 11.6 Å². The number of aryl methyl sites for hydroxylation is 1. The number of aromatic nitrogens is 3. The Morgan fingerprint density at radius 2 is 1.96 bits per heavy atom. The van der Waals surface area contributed by atoms with Crippen LogP contribution in [-0.2, 0) is 6.54 Å². The van der Waals surface area contributed by atoms with Crippen molar-refractivity contribution in [3.8, 4) is 0 Å². The number of hydrogen-bond donors (Lipinski definition) is 1. The maximum Gasteiger partial charge on any atom is 0.277 e. The molecule has 134 valence electrons. The van der Waals surface area contributed by atoms with Crippen molar-refractivity contribution in [1.29, 1.82) is 0 Å². The minimum absolute atomic E-state index is 0.220. The Bertz CT molecular complexity index is 859. The first-order valence-corrected chi connectivity index (χ1v) is 8.40. The Kier molecular flexibility index (Phi) is 5.26. The standard InChI is InChI=1S/C19H21N5O2/c1-13(2)24(12-15-7-5-4-6-8-15)18-11-20-16(10-21-18)19(25)22-17-9-14(3)26-23-17/h4-11,13H,12H2,1-3H3,(H,22,23,25). The maximum absolute atomic E-state index is 12.2. The Morgan fingerprint density at radius 3 is 2.54 bits per heavy atom. The van der Waals surface area contributed by atoms with E-state index < -0.39 is 0 Å². The number of amides is 1. The van der Waals surface area contributed by atoms with Crippen LogP contribution < -0.4 is 10.2 Å². The van der Waals surface area contributed by atoms with Crippen LogP contribution in [-0.4, -0.2) is 27.1 Å². The summed E-state index contributed by atoms with van der Waals surface area (Å²) in [7, 11) is 0. The summed E-state index contributed by atoms with van der Waals surface area (Å²) in [5, 5.41) is 6.36. The highest BCUT2D eigenvalue weighted by molar-refractivity contribution is 6.02. The minimum atomic E-state index is -0.378. The zero-order chi connectivity index (χ0) is 18.5. The number of benzene rings is 1. The molecular formula is C19H21N5O2. The second-order valence-corrected chi connectivity index (χ2v) is 6.24. The predicted octanol–water partition coefficient (Wildman–Crippen LogP) is 3.44. The van der Waals surface area contributed by atoms with E-state index in [1.807, 2.05) is 18.2 Å². The predicted molar refractivity (Wildman–Crippen MR) is 99.0 cm³/mol. The van der Waals surface area contributed by atoms with E-state index >= 15 is 0 Å². The van der Waals surface area contributed by atoms with Crippen LogP contribution in [0.1, 0.15) is 35.7 Å². The lowest BCUT2D eigenvalue weighted by Crippen LogP contribution is -2.31. The van der Waals surface area contributed by atoms with Gasteiger partial charge >= 0.3 is 0 Å². The lowest BCUT2D eigenvalue weighted by molar-refractivity contribution is 0.102. The molecule has 0 fully saturated rings. The molecule has 0 radical (unpaired) electrons. The van der Waals surface area contributed by atoms with Gasteiger partial charge in [-0.05, 0) is 26.3 Å². The van der Waals surface area contributed by atoms with Crippen molar-refractivity contribution in [3.05, 3.63) is 65.8 Å². The summed E-state index contributed by atoms with van der Waals surface area (Å²) >= 11 is 0. The summed E-state index contributed by atoms with van der Waals surface area (Å²) in [6, 6.07) is 12.0. The van der Waals surface area contributed by atoms with Gasteiger partial charge < -0.3 is 14.7 Å². The molecule has 3 rings (SSSR count). The molecule has 1 aromatic carbocycles. The highest BCUT2D eigenvalue weighted by atomic mass is 16.5. The largest absolute Gasteiger partial charge is 0.360 e. The van der Waals surface area contributed by atoms with E-state index in [1.54, 1.807) is 19.2 Å². The summed E-state index contributed by atoms with van der Waals surface area (Å²) in [5.74, 6) is 1.32. The molecule has 0 unspecified atom stereocenters.